The zero-order valence-electron chi connectivity index (χ0n) is 11.6. The summed E-state index contributed by atoms with van der Waals surface area (Å²) in [7, 11) is 0. The SMILES string of the molecule is O[C@@H]1C[C@H]2CN[C@@H](Cc3ccc(C(F)(F)F)cc3)CN2C1. The van der Waals surface area contributed by atoms with Gasteiger partial charge in [0.2, 0.25) is 0 Å². The largest absolute Gasteiger partial charge is 0.416 e. The van der Waals surface area contributed by atoms with Crippen molar-refractivity contribution in [2.24, 2.45) is 0 Å². The summed E-state index contributed by atoms with van der Waals surface area (Å²) >= 11 is 0. The number of hydrogen-bond acceptors (Lipinski definition) is 3. The van der Waals surface area contributed by atoms with Gasteiger partial charge in [0.15, 0.2) is 0 Å². The second-order valence-corrected chi connectivity index (χ2v) is 6.00. The monoisotopic (exact) mass is 300 g/mol. The second-order valence-electron chi connectivity index (χ2n) is 6.00. The van der Waals surface area contributed by atoms with Crippen LogP contribution >= 0.6 is 0 Å². The zero-order chi connectivity index (χ0) is 15.0. The van der Waals surface area contributed by atoms with Crippen LogP contribution in [0.3, 0.4) is 0 Å². The first-order valence-electron chi connectivity index (χ1n) is 7.23. The van der Waals surface area contributed by atoms with Crippen molar-refractivity contribution >= 4 is 0 Å². The van der Waals surface area contributed by atoms with E-state index >= 15 is 0 Å². The van der Waals surface area contributed by atoms with Gasteiger partial charge < -0.3 is 10.4 Å². The van der Waals surface area contributed by atoms with Crippen LogP contribution in [0.2, 0.25) is 0 Å². The molecule has 0 unspecified atom stereocenters. The molecule has 0 aliphatic carbocycles. The van der Waals surface area contributed by atoms with Crippen molar-refractivity contribution in [1.29, 1.82) is 0 Å². The maximum absolute atomic E-state index is 12.5. The Labute approximate surface area is 121 Å². The molecule has 1 aromatic rings. The van der Waals surface area contributed by atoms with Crippen LogP contribution < -0.4 is 5.32 Å². The Balaban J connectivity index is 1.60. The summed E-state index contributed by atoms with van der Waals surface area (Å²) in [5, 5.41) is 13.1. The van der Waals surface area contributed by atoms with Gasteiger partial charge in [-0.05, 0) is 30.5 Å². The summed E-state index contributed by atoms with van der Waals surface area (Å²) in [6.07, 6.45) is -3.01. The van der Waals surface area contributed by atoms with Crippen molar-refractivity contribution in [3.05, 3.63) is 35.4 Å². The number of fused-ring (bicyclic) bond motifs is 1. The van der Waals surface area contributed by atoms with Crippen LogP contribution in [0, 0.1) is 0 Å². The van der Waals surface area contributed by atoms with Crippen LogP contribution in [0.4, 0.5) is 13.2 Å². The summed E-state index contributed by atoms with van der Waals surface area (Å²) in [5.74, 6) is 0. The molecule has 21 heavy (non-hydrogen) atoms. The zero-order valence-corrected chi connectivity index (χ0v) is 11.6. The molecular formula is C15H19F3N2O. The Morgan fingerprint density at radius 2 is 1.90 bits per heavy atom. The summed E-state index contributed by atoms with van der Waals surface area (Å²) in [6.45, 7) is 2.38. The van der Waals surface area contributed by atoms with E-state index in [4.69, 9.17) is 0 Å². The number of rotatable bonds is 2. The molecule has 0 bridgehead atoms. The average molecular weight is 300 g/mol. The molecule has 0 aromatic heterocycles. The quantitative estimate of drug-likeness (QED) is 0.872. The van der Waals surface area contributed by atoms with Gasteiger partial charge in [0.25, 0.3) is 0 Å². The van der Waals surface area contributed by atoms with Crippen molar-refractivity contribution in [3.63, 3.8) is 0 Å². The molecule has 0 radical (unpaired) electrons. The van der Waals surface area contributed by atoms with Gasteiger partial charge in [-0.25, -0.2) is 0 Å². The van der Waals surface area contributed by atoms with E-state index in [1.807, 2.05) is 0 Å². The Kier molecular flexibility index (Phi) is 3.94. The van der Waals surface area contributed by atoms with Crippen LogP contribution in [0.1, 0.15) is 17.5 Å². The summed E-state index contributed by atoms with van der Waals surface area (Å²) in [5.41, 5.74) is 0.296. The minimum atomic E-state index is -4.28. The molecule has 2 fully saturated rings. The number of halogens is 3. The van der Waals surface area contributed by atoms with E-state index in [1.165, 1.54) is 0 Å². The summed E-state index contributed by atoms with van der Waals surface area (Å²) in [6, 6.07) is 6.00. The van der Waals surface area contributed by atoms with Crippen LogP contribution in [0.15, 0.2) is 24.3 Å². The number of aliphatic hydroxyl groups excluding tert-OH is 1. The van der Waals surface area contributed by atoms with Crippen molar-refractivity contribution in [2.45, 2.75) is 37.2 Å². The Morgan fingerprint density at radius 1 is 1.19 bits per heavy atom. The van der Waals surface area contributed by atoms with Crippen LogP contribution in [-0.2, 0) is 12.6 Å². The smallest absolute Gasteiger partial charge is 0.392 e. The number of aliphatic hydroxyl groups is 1. The molecule has 116 valence electrons. The van der Waals surface area contributed by atoms with E-state index in [2.05, 4.69) is 10.2 Å². The molecule has 3 atom stereocenters. The van der Waals surface area contributed by atoms with E-state index in [0.29, 0.717) is 19.0 Å². The van der Waals surface area contributed by atoms with Gasteiger partial charge in [0, 0.05) is 31.7 Å². The van der Waals surface area contributed by atoms with Gasteiger partial charge in [-0.15, -0.1) is 0 Å². The van der Waals surface area contributed by atoms with Crippen molar-refractivity contribution < 1.29 is 18.3 Å². The first kappa shape index (κ1) is 14.8. The molecule has 3 nitrogen and oxygen atoms in total. The molecule has 0 spiro atoms. The molecule has 2 aliphatic rings. The fourth-order valence-corrected chi connectivity index (χ4v) is 3.29. The van der Waals surface area contributed by atoms with Crippen LogP contribution in [0.25, 0.3) is 0 Å². The molecular weight excluding hydrogens is 281 g/mol. The lowest BCUT2D eigenvalue weighted by Crippen LogP contribution is -2.54. The van der Waals surface area contributed by atoms with Crippen molar-refractivity contribution in [1.82, 2.24) is 10.2 Å². The number of benzene rings is 1. The number of hydrogen-bond donors (Lipinski definition) is 2. The Morgan fingerprint density at radius 3 is 2.57 bits per heavy atom. The van der Waals surface area contributed by atoms with Crippen molar-refractivity contribution in [2.75, 3.05) is 19.6 Å². The third kappa shape index (κ3) is 3.39. The number of nitrogens with zero attached hydrogens (tertiary/aromatic N) is 1. The normalized spacial score (nSPS) is 30.4. The predicted octanol–water partition coefficient (Wildman–Crippen LogP) is 1.65. The molecule has 6 heteroatoms. The van der Waals surface area contributed by atoms with Crippen molar-refractivity contribution in [3.8, 4) is 0 Å². The molecule has 2 saturated heterocycles. The maximum atomic E-state index is 12.5. The fourth-order valence-electron chi connectivity index (χ4n) is 3.29. The number of piperazine rings is 1. The van der Waals surface area contributed by atoms with Gasteiger partial charge in [-0.2, -0.15) is 13.2 Å². The van der Waals surface area contributed by atoms with E-state index in [-0.39, 0.29) is 12.1 Å². The lowest BCUT2D eigenvalue weighted by atomic mass is 10.0. The average Bonchev–Trinajstić information content (AvgIpc) is 2.78. The summed E-state index contributed by atoms with van der Waals surface area (Å²) in [4.78, 5) is 2.27. The molecule has 2 aliphatic heterocycles. The maximum Gasteiger partial charge on any atom is 0.416 e. The third-order valence-electron chi connectivity index (χ3n) is 4.37. The highest BCUT2D eigenvalue weighted by Crippen LogP contribution is 2.29. The first-order chi connectivity index (χ1) is 9.91. The number of alkyl halides is 3. The Bertz CT molecular complexity index is 489. The first-order valence-corrected chi connectivity index (χ1v) is 7.23. The van der Waals surface area contributed by atoms with Gasteiger partial charge >= 0.3 is 6.18 Å². The van der Waals surface area contributed by atoms with Gasteiger partial charge in [0.05, 0.1) is 11.7 Å². The van der Waals surface area contributed by atoms with E-state index in [1.54, 1.807) is 12.1 Å². The minimum Gasteiger partial charge on any atom is -0.392 e. The predicted molar refractivity (Wildman–Crippen MR) is 72.9 cm³/mol. The number of nitrogens with one attached hydrogen (secondary N) is 1. The standard InChI is InChI=1S/C15H19F3N2O/c16-15(17,18)11-3-1-10(2-4-11)5-12-8-20-9-14(21)6-13(20)7-19-12/h1-4,12-14,19,21H,5-9H2/t12-,13-,14+/m0/s1. The van der Waals surface area contributed by atoms with Gasteiger partial charge in [0.1, 0.15) is 0 Å². The van der Waals surface area contributed by atoms with Gasteiger partial charge in [-0.1, -0.05) is 12.1 Å². The molecule has 0 amide bonds. The van der Waals surface area contributed by atoms with E-state index < -0.39 is 11.7 Å². The summed E-state index contributed by atoms with van der Waals surface area (Å²) < 4.78 is 37.6. The minimum absolute atomic E-state index is 0.225. The van der Waals surface area contributed by atoms with E-state index in [0.717, 1.165) is 37.2 Å². The Hall–Kier alpha value is -1.11. The molecule has 3 rings (SSSR count). The lowest BCUT2D eigenvalue weighted by molar-refractivity contribution is -0.137. The van der Waals surface area contributed by atoms with E-state index in [9.17, 15) is 18.3 Å². The molecule has 2 heterocycles. The fraction of sp³-hybridized carbons (Fsp3) is 0.600. The van der Waals surface area contributed by atoms with Crippen LogP contribution in [-0.4, -0.2) is 47.8 Å². The highest BCUT2D eigenvalue weighted by Gasteiger charge is 2.35. The molecule has 2 N–H and O–H groups in total. The second kappa shape index (κ2) is 5.59. The molecule has 0 saturated carbocycles. The van der Waals surface area contributed by atoms with Crippen LogP contribution in [0.5, 0.6) is 0 Å². The highest BCUT2D eigenvalue weighted by molar-refractivity contribution is 5.25. The third-order valence-corrected chi connectivity index (χ3v) is 4.37. The van der Waals surface area contributed by atoms with Gasteiger partial charge in [-0.3, -0.25) is 4.90 Å². The molecule has 1 aromatic carbocycles. The highest BCUT2D eigenvalue weighted by atomic mass is 19.4. The topological polar surface area (TPSA) is 35.5 Å². The lowest BCUT2D eigenvalue weighted by Gasteiger charge is -2.36.